The summed E-state index contributed by atoms with van der Waals surface area (Å²) in [7, 11) is -2.15. The Balaban J connectivity index is 2.21. The SMILES string of the molecule is Cn1cc(CNS(=O)(=O)c2cc([N+](=O)[O-])c(NN)s2)cn1. The molecular weight excluding hydrogens is 320 g/mol. The van der Waals surface area contributed by atoms with Gasteiger partial charge in [0.15, 0.2) is 5.00 Å². The van der Waals surface area contributed by atoms with Crippen molar-refractivity contribution in [1.29, 1.82) is 0 Å². The summed E-state index contributed by atoms with van der Waals surface area (Å²) in [4.78, 5) is 10.1. The molecular formula is C9H12N6O4S2. The predicted molar refractivity (Wildman–Crippen MR) is 76.0 cm³/mol. The van der Waals surface area contributed by atoms with Gasteiger partial charge in [-0.1, -0.05) is 11.3 Å². The van der Waals surface area contributed by atoms with Crippen LogP contribution < -0.4 is 16.0 Å². The summed E-state index contributed by atoms with van der Waals surface area (Å²) in [5.41, 5.74) is 2.40. The largest absolute Gasteiger partial charge is 0.310 e. The van der Waals surface area contributed by atoms with Crippen LogP contribution in [0.5, 0.6) is 0 Å². The average molecular weight is 332 g/mol. The summed E-state index contributed by atoms with van der Waals surface area (Å²) >= 11 is 0.686. The molecule has 10 nitrogen and oxygen atoms in total. The standard InChI is InChI=1S/C9H12N6O4S2/c1-14-5-6(3-11-14)4-12-21(18,19)8-2-7(15(16)17)9(13-10)20-8/h2-3,5,12-13H,4,10H2,1H3. The van der Waals surface area contributed by atoms with Crippen molar-refractivity contribution in [2.75, 3.05) is 5.43 Å². The summed E-state index contributed by atoms with van der Waals surface area (Å²) in [6.45, 7) is 0.0350. The molecule has 0 aliphatic heterocycles. The zero-order valence-corrected chi connectivity index (χ0v) is 12.4. The Hall–Kier alpha value is -2.02. The summed E-state index contributed by atoms with van der Waals surface area (Å²) in [5.74, 6) is 5.14. The molecule has 0 fully saturated rings. The van der Waals surface area contributed by atoms with Gasteiger partial charge in [0.05, 0.1) is 11.1 Å². The van der Waals surface area contributed by atoms with Gasteiger partial charge in [-0.15, -0.1) is 0 Å². The van der Waals surface area contributed by atoms with E-state index in [-0.39, 0.29) is 21.4 Å². The Kier molecular flexibility index (Phi) is 4.22. The smallest absolute Gasteiger partial charge is 0.306 e. The van der Waals surface area contributed by atoms with Gasteiger partial charge in [0.25, 0.3) is 10.0 Å². The third-order valence-electron chi connectivity index (χ3n) is 2.51. The molecule has 4 N–H and O–H groups in total. The van der Waals surface area contributed by atoms with Gasteiger partial charge in [0, 0.05) is 31.4 Å². The van der Waals surface area contributed by atoms with Crippen molar-refractivity contribution in [3.05, 3.63) is 34.1 Å². The second-order valence-electron chi connectivity index (χ2n) is 4.03. The van der Waals surface area contributed by atoms with Gasteiger partial charge in [-0.05, 0) is 0 Å². The Morgan fingerprint density at radius 2 is 2.29 bits per heavy atom. The average Bonchev–Trinajstić information content (AvgIpc) is 3.02. The molecule has 2 rings (SSSR count). The number of anilines is 1. The van der Waals surface area contributed by atoms with Crippen molar-refractivity contribution < 1.29 is 13.3 Å². The van der Waals surface area contributed by atoms with Gasteiger partial charge >= 0.3 is 5.69 Å². The van der Waals surface area contributed by atoms with Crippen LogP contribution in [0.2, 0.25) is 0 Å². The molecule has 0 radical (unpaired) electrons. The van der Waals surface area contributed by atoms with Crippen LogP contribution in [0.15, 0.2) is 22.7 Å². The van der Waals surface area contributed by atoms with Gasteiger partial charge < -0.3 is 5.43 Å². The molecule has 12 heteroatoms. The third kappa shape index (κ3) is 3.36. The van der Waals surface area contributed by atoms with E-state index in [0.717, 1.165) is 6.07 Å². The van der Waals surface area contributed by atoms with Gasteiger partial charge in [0.1, 0.15) is 4.21 Å². The van der Waals surface area contributed by atoms with Crippen molar-refractivity contribution in [2.45, 2.75) is 10.8 Å². The molecule has 0 unspecified atom stereocenters. The summed E-state index contributed by atoms with van der Waals surface area (Å²) < 4.78 is 27.9. The molecule has 2 heterocycles. The number of sulfonamides is 1. The fraction of sp³-hybridized carbons (Fsp3) is 0.222. The fourth-order valence-corrected chi connectivity index (χ4v) is 3.84. The van der Waals surface area contributed by atoms with E-state index in [2.05, 4.69) is 15.2 Å². The first-order chi connectivity index (χ1) is 9.83. The van der Waals surface area contributed by atoms with Crippen LogP contribution in [-0.2, 0) is 23.6 Å². The fourth-order valence-electron chi connectivity index (χ4n) is 1.54. The molecule has 2 aromatic rings. The minimum absolute atomic E-state index is 0.0262. The second-order valence-corrected chi connectivity index (χ2v) is 7.07. The maximum atomic E-state index is 12.1. The van der Waals surface area contributed by atoms with Crippen LogP contribution in [-0.4, -0.2) is 23.1 Å². The lowest BCUT2D eigenvalue weighted by Crippen LogP contribution is -2.22. The normalized spacial score (nSPS) is 11.5. The lowest BCUT2D eigenvalue weighted by atomic mass is 10.4. The number of hydrogen-bond donors (Lipinski definition) is 3. The van der Waals surface area contributed by atoms with Gasteiger partial charge in [-0.2, -0.15) is 5.10 Å². The third-order valence-corrected chi connectivity index (χ3v) is 5.44. The minimum Gasteiger partial charge on any atom is -0.310 e. The highest BCUT2D eigenvalue weighted by molar-refractivity contribution is 7.91. The molecule has 0 aromatic carbocycles. The van der Waals surface area contributed by atoms with E-state index in [1.165, 1.54) is 10.9 Å². The maximum absolute atomic E-state index is 12.1. The van der Waals surface area contributed by atoms with Gasteiger partial charge in [-0.25, -0.2) is 19.0 Å². The molecule has 0 aliphatic carbocycles. The Morgan fingerprint density at radius 3 is 2.76 bits per heavy atom. The van der Waals surface area contributed by atoms with E-state index < -0.39 is 14.9 Å². The lowest BCUT2D eigenvalue weighted by Gasteiger charge is -2.02. The molecule has 0 bridgehead atoms. The number of hydrazine groups is 1. The highest BCUT2D eigenvalue weighted by Crippen LogP contribution is 2.36. The first kappa shape index (κ1) is 15.4. The minimum atomic E-state index is -3.86. The monoisotopic (exact) mass is 332 g/mol. The van der Waals surface area contributed by atoms with Gasteiger partial charge in [-0.3, -0.25) is 14.8 Å². The Bertz CT molecular complexity index is 765. The van der Waals surface area contributed by atoms with Crippen molar-refractivity contribution in [3.8, 4) is 0 Å². The van der Waals surface area contributed by atoms with Crippen LogP contribution >= 0.6 is 11.3 Å². The first-order valence-corrected chi connectivity index (χ1v) is 7.85. The van der Waals surface area contributed by atoms with Crippen molar-refractivity contribution in [1.82, 2.24) is 14.5 Å². The Labute approximate surface area is 123 Å². The summed E-state index contributed by atoms with van der Waals surface area (Å²) in [6.07, 6.45) is 3.18. The summed E-state index contributed by atoms with van der Waals surface area (Å²) in [6, 6.07) is 0.964. The van der Waals surface area contributed by atoms with Crippen LogP contribution in [0.3, 0.4) is 0 Å². The number of nitrogens with zero attached hydrogens (tertiary/aromatic N) is 3. The first-order valence-electron chi connectivity index (χ1n) is 5.55. The predicted octanol–water partition coefficient (Wildman–Crippen LogP) is 0.154. The zero-order chi connectivity index (χ0) is 15.6. The highest BCUT2D eigenvalue weighted by atomic mass is 32.2. The number of hydrogen-bond acceptors (Lipinski definition) is 8. The molecule has 114 valence electrons. The van der Waals surface area contributed by atoms with Crippen LogP contribution in [0.1, 0.15) is 5.56 Å². The van der Waals surface area contributed by atoms with E-state index in [4.69, 9.17) is 5.84 Å². The number of nitrogens with two attached hydrogens (primary N) is 1. The van der Waals surface area contributed by atoms with E-state index in [1.54, 1.807) is 13.2 Å². The molecule has 0 saturated heterocycles. The molecule has 0 amide bonds. The van der Waals surface area contributed by atoms with E-state index in [1.807, 2.05) is 0 Å². The number of nitrogens with one attached hydrogen (secondary N) is 2. The maximum Gasteiger partial charge on any atom is 0.306 e. The van der Waals surface area contributed by atoms with Crippen molar-refractivity contribution in [2.24, 2.45) is 12.9 Å². The molecule has 0 spiro atoms. The van der Waals surface area contributed by atoms with Gasteiger partial charge in [0.2, 0.25) is 0 Å². The quantitative estimate of drug-likeness (QED) is 0.388. The van der Waals surface area contributed by atoms with E-state index >= 15 is 0 Å². The molecule has 0 saturated carbocycles. The van der Waals surface area contributed by atoms with E-state index in [0.29, 0.717) is 16.9 Å². The second kappa shape index (κ2) is 5.77. The number of rotatable bonds is 6. The van der Waals surface area contributed by atoms with Crippen LogP contribution in [0.25, 0.3) is 0 Å². The van der Waals surface area contributed by atoms with Crippen LogP contribution in [0, 0.1) is 10.1 Å². The number of aromatic nitrogens is 2. The topological polar surface area (TPSA) is 145 Å². The zero-order valence-electron chi connectivity index (χ0n) is 10.8. The molecule has 2 aromatic heterocycles. The number of nitro groups is 1. The number of thiophene rings is 1. The molecule has 0 atom stereocenters. The molecule has 0 aliphatic rings. The number of aryl methyl sites for hydroxylation is 1. The highest BCUT2D eigenvalue weighted by Gasteiger charge is 2.25. The lowest BCUT2D eigenvalue weighted by molar-refractivity contribution is -0.383. The van der Waals surface area contributed by atoms with Crippen LogP contribution in [0.4, 0.5) is 10.7 Å². The van der Waals surface area contributed by atoms with Crippen molar-refractivity contribution in [3.63, 3.8) is 0 Å². The summed E-state index contributed by atoms with van der Waals surface area (Å²) in [5, 5.41) is 14.7. The molecule has 21 heavy (non-hydrogen) atoms. The van der Waals surface area contributed by atoms with E-state index in [9.17, 15) is 18.5 Å². The Morgan fingerprint density at radius 1 is 1.57 bits per heavy atom. The van der Waals surface area contributed by atoms with Crippen molar-refractivity contribution >= 4 is 32.0 Å². The number of nitrogen functional groups attached to an aromatic ring is 1.